The molecule has 21 heavy (non-hydrogen) atoms. The lowest BCUT2D eigenvalue weighted by Gasteiger charge is -2.30. The first-order valence-electron chi connectivity index (χ1n) is 7.29. The first-order chi connectivity index (χ1) is 10.3. The van der Waals surface area contributed by atoms with E-state index in [1.165, 1.54) is 0 Å². The molecule has 3 rings (SSSR count). The van der Waals surface area contributed by atoms with Gasteiger partial charge in [-0.2, -0.15) is 0 Å². The van der Waals surface area contributed by atoms with Gasteiger partial charge < -0.3 is 9.32 Å². The van der Waals surface area contributed by atoms with Crippen LogP contribution in [0.3, 0.4) is 0 Å². The second-order valence-electron chi connectivity index (χ2n) is 5.22. The molecular weight excluding hydrogens is 268 g/mol. The van der Waals surface area contributed by atoms with Crippen LogP contribution in [-0.4, -0.2) is 39.1 Å². The highest BCUT2D eigenvalue weighted by atomic mass is 16.4. The third kappa shape index (κ3) is 2.94. The standard InChI is InChI=1S/C15H18N4O2/c1-2-13(20)19-8-4-6-12(10-19)15-18-17-14(21-15)11-5-3-7-16-9-11/h3,5,7,9,12H,2,4,6,8,10H2,1H3/t12-/m0/s1. The minimum atomic E-state index is 0.132. The van der Waals surface area contributed by atoms with E-state index in [1.807, 2.05) is 24.0 Å². The largest absolute Gasteiger partial charge is 0.420 e. The van der Waals surface area contributed by atoms with Gasteiger partial charge in [0, 0.05) is 31.9 Å². The summed E-state index contributed by atoms with van der Waals surface area (Å²) in [5.74, 6) is 1.42. The number of carbonyl (C=O) groups excluding carboxylic acids is 1. The summed E-state index contributed by atoms with van der Waals surface area (Å²) in [6.07, 6.45) is 5.89. The fourth-order valence-electron chi connectivity index (χ4n) is 2.63. The number of pyridine rings is 1. The number of aromatic nitrogens is 3. The Balaban J connectivity index is 1.75. The molecule has 0 N–H and O–H groups in total. The number of hydrogen-bond acceptors (Lipinski definition) is 5. The third-order valence-corrected chi connectivity index (χ3v) is 3.77. The van der Waals surface area contributed by atoms with E-state index in [1.54, 1.807) is 12.4 Å². The van der Waals surface area contributed by atoms with Crippen LogP contribution >= 0.6 is 0 Å². The van der Waals surface area contributed by atoms with Crippen LogP contribution in [0.4, 0.5) is 0 Å². The molecule has 1 atom stereocenters. The van der Waals surface area contributed by atoms with Gasteiger partial charge in [0.25, 0.3) is 0 Å². The number of rotatable bonds is 3. The fourth-order valence-corrected chi connectivity index (χ4v) is 2.63. The molecule has 2 aromatic rings. The van der Waals surface area contributed by atoms with Gasteiger partial charge in [-0.25, -0.2) is 0 Å². The summed E-state index contributed by atoms with van der Waals surface area (Å²) >= 11 is 0. The monoisotopic (exact) mass is 286 g/mol. The minimum Gasteiger partial charge on any atom is -0.420 e. The number of amides is 1. The Labute approximate surface area is 123 Å². The zero-order valence-corrected chi connectivity index (χ0v) is 12.0. The molecule has 1 amide bonds. The van der Waals surface area contributed by atoms with Crippen molar-refractivity contribution in [2.24, 2.45) is 0 Å². The second-order valence-corrected chi connectivity index (χ2v) is 5.22. The van der Waals surface area contributed by atoms with Crippen LogP contribution < -0.4 is 0 Å². The summed E-state index contributed by atoms with van der Waals surface area (Å²) < 4.78 is 5.77. The predicted molar refractivity (Wildman–Crippen MR) is 76.4 cm³/mol. The predicted octanol–water partition coefficient (Wildman–Crippen LogP) is 2.25. The summed E-state index contributed by atoms with van der Waals surface area (Å²) in [6, 6.07) is 3.72. The molecule has 1 saturated heterocycles. The van der Waals surface area contributed by atoms with Gasteiger partial charge >= 0.3 is 0 Å². The van der Waals surface area contributed by atoms with Crippen molar-refractivity contribution in [3.05, 3.63) is 30.4 Å². The fraction of sp³-hybridized carbons (Fsp3) is 0.467. The van der Waals surface area contributed by atoms with Crippen LogP contribution in [0.15, 0.2) is 28.9 Å². The number of piperidine rings is 1. The van der Waals surface area contributed by atoms with Crippen LogP contribution in [-0.2, 0) is 4.79 Å². The molecule has 0 saturated carbocycles. The summed E-state index contributed by atoms with van der Waals surface area (Å²) in [6.45, 7) is 3.38. The molecule has 6 nitrogen and oxygen atoms in total. The number of nitrogens with zero attached hydrogens (tertiary/aromatic N) is 4. The van der Waals surface area contributed by atoms with Crippen molar-refractivity contribution in [1.82, 2.24) is 20.1 Å². The summed E-state index contributed by atoms with van der Waals surface area (Å²) in [4.78, 5) is 17.8. The molecule has 0 bridgehead atoms. The molecule has 1 fully saturated rings. The van der Waals surface area contributed by atoms with Gasteiger partial charge in [-0.3, -0.25) is 9.78 Å². The topological polar surface area (TPSA) is 72.1 Å². The Morgan fingerprint density at radius 2 is 2.38 bits per heavy atom. The lowest BCUT2D eigenvalue weighted by molar-refractivity contribution is -0.132. The molecule has 0 aliphatic carbocycles. The number of carbonyl (C=O) groups is 1. The van der Waals surface area contributed by atoms with E-state index >= 15 is 0 Å². The Bertz CT molecular complexity index is 611. The average Bonchev–Trinajstić information content (AvgIpc) is 3.05. The molecule has 2 aromatic heterocycles. The second kappa shape index (κ2) is 6.03. The summed E-state index contributed by atoms with van der Waals surface area (Å²) in [7, 11) is 0. The summed E-state index contributed by atoms with van der Waals surface area (Å²) in [5.41, 5.74) is 0.813. The first kappa shape index (κ1) is 13.7. The maximum Gasteiger partial charge on any atom is 0.249 e. The van der Waals surface area contributed by atoms with Crippen molar-refractivity contribution in [3.8, 4) is 11.5 Å². The number of likely N-dealkylation sites (tertiary alicyclic amines) is 1. The highest BCUT2D eigenvalue weighted by molar-refractivity contribution is 5.75. The average molecular weight is 286 g/mol. The SMILES string of the molecule is CCC(=O)N1CCC[C@H](c2nnc(-c3cccnc3)o2)C1. The highest BCUT2D eigenvalue weighted by Gasteiger charge is 2.27. The van der Waals surface area contributed by atoms with Crippen molar-refractivity contribution in [2.75, 3.05) is 13.1 Å². The van der Waals surface area contributed by atoms with Gasteiger partial charge in [-0.1, -0.05) is 6.92 Å². The van der Waals surface area contributed by atoms with E-state index in [-0.39, 0.29) is 11.8 Å². The van der Waals surface area contributed by atoms with Gasteiger partial charge in [0.1, 0.15) is 0 Å². The molecule has 1 aliphatic heterocycles. The van der Waals surface area contributed by atoms with Crippen molar-refractivity contribution in [1.29, 1.82) is 0 Å². The molecule has 0 unspecified atom stereocenters. The smallest absolute Gasteiger partial charge is 0.249 e. The Kier molecular flexibility index (Phi) is 3.94. The van der Waals surface area contributed by atoms with E-state index in [9.17, 15) is 4.79 Å². The van der Waals surface area contributed by atoms with Crippen molar-refractivity contribution in [3.63, 3.8) is 0 Å². The van der Waals surface area contributed by atoms with E-state index in [4.69, 9.17) is 4.42 Å². The van der Waals surface area contributed by atoms with Gasteiger partial charge in [0.2, 0.25) is 17.7 Å². The zero-order chi connectivity index (χ0) is 14.7. The molecule has 3 heterocycles. The molecule has 110 valence electrons. The lowest BCUT2D eigenvalue weighted by Crippen LogP contribution is -2.38. The van der Waals surface area contributed by atoms with Gasteiger partial charge in [-0.05, 0) is 25.0 Å². The third-order valence-electron chi connectivity index (χ3n) is 3.77. The summed E-state index contributed by atoms with van der Waals surface area (Å²) in [5, 5.41) is 8.25. The molecule has 1 aliphatic rings. The van der Waals surface area contributed by atoms with Crippen LogP contribution in [0.1, 0.15) is 38.0 Å². The quantitative estimate of drug-likeness (QED) is 0.865. The van der Waals surface area contributed by atoms with Crippen LogP contribution in [0.5, 0.6) is 0 Å². The van der Waals surface area contributed by atoms with E-state index in [0.717, 1.165) is 24.9 Å². The van der Waals surface area contributed by atoms with Crippen molar-refractivity contribution >= 4 is 5.91 Å². The molecule has 0 radical (unpaired) electrons. The van der Waals surface area contributed by atoms with Gasteiger partial charge in [0.15, 0.2) is 0 Å². The zero-order valence-electron chi connectivity index (χ0n) is 12.0. The lowest BCUT2D eigenvalue weighted by atomic mass is 9.98. The highest BCUT2D eigenvalue weighted by Crippen LogP contribution is 2.28. The first-order valence-corrected chi connectivity index (χ1v) is 7.29. The van der Waals surface area contributed by atoms with Crippen LogP contribution in [0, 0.1) is 0 Å². The van der Waals surface area contributed by atoms with Crippen LogP contribution in [0.25, 0.3) is 11.5 Å². The van der Waals surface area contributed by atoms with Gasteiger partial charge in [0.05, 0.1) is 11.5 Å². The molecule has 0 aromatic carbocycles. The maximum atomic E-state index is 11.8. The number of hydrogen-bond donors (Lipinski definition) is 0. The maximum absolute atomic E-state index is 11.8. The molecule has 0 spiro atoms. The van der Waals surface area contributed by atoms with E-state index < -0.39 is 0 Å². The Morgan fingerprint density at radius 1 is 1.48 bits per heavy atom. The van der Waals surface area contributed by atoms with Crippen molar-refractivity contribution < 1.29 is 9.21 Å². The molecular formula is C15H18N4O2. The van der Waals surface area contributed by atoms with Crippen LogP contribution in [0.2, 0.25) is 0 Å². The van der Waals surface area contributed by atoms with E-state index in [0.29, 0.717) is 24.7 Å². The van der Waals surface area contributed by atoms with Gasteiger partial charge in [-0.15, -0.1) is 10.2 Å². The Hall–Kier alpha value is -2.24. The minimum absolute atomic E-state index is 0.132. The Morgan fingerprint density at radius 3 is 3.14 bits per heavy atom. The van der Waals surface area contributed by atoms with E-state index in [2.05, 4.69) is 15.2 Å². The van der Waals surface area contributed by atoms with Crippen molar-refractivity contribution in [2.45, 2.75) is 32.1 Å². The molecule has 6 heteroatoms. The normalized spacial score (nSPS) is 18.7.